The third kappa shape index (κ3) is 4.40. The van der Waals surface area contributed by atoms with Gasteiger partial charge in [-0.3, -0.25) is 0 Å². The Morgan fingerprint density at radius 2 is 1.88 bits per heavy atom. The van der Waals surface area contributed by atoms with Gasteiger partial charge in [-0.15, -0.1) is 10.2 Å². The van der Waals surface area contributed by atoms with Crippen LogP contribution < -0.4 is 9.46 Å². The van der Waals surface area contributed by atoms with Crippen LogP contribution in [0.25, 0.3) is 11.5 Å². The molecule has 3 rings (SSSR count). The molecule has 1 N–H and O–H groups in total. The summed E-state index contributed by atoms with van der Waals surface area (Å²) in [5.74, 6) is 0.348. The first-order valence-corrected chi connectivity index (χ1v) is 8.78. The molecule has 25 heavy (non-hydrogen) atoms. The summed E-state index contributed by atoms with van der Waals surface area (Å²) in [7, 11) is -3.71. The minimum Gasteiger partial charge on any atom is -0.475 e. The van der Waals surface area contributed by atoms with Gasteiger partial charge in [0.2, 0.25) is 15.9 Å². The number of halogens is 1. The molecule has 0 unspecified atom stereocenters. The summed E-state index contributed by atoms with van der Waals surface area (Å²) in [5, 5.41) is 7.85. The van der Waals surface area contributed by atoms with Crippen molar-refractivity contribution in [1.82, 2.24) is 14.9 Å². The van der Waals surface area contributed by atoms with E-state index in [0.29, 0.717) is 11.5 Å². The fraction of sp³-hybridized carbons (Fsp3) is 0.125. The Labute approximate surface area is 143 Å². The number of nitrogens with zero attached hydrogens (tertiary/aromatic N) is 2. The van der Waals surface area contributed by atoms with Crippen LogP contribution in [0.3, 0.4) is 0 Å². The zero-order chi connectivity index (χ0) is 17.7. The molecule has 130 valence electrons. The monoisotopic (exact) mass is 363 g/mol. The van der Waals surface area contributed by atoms with Crippen molar-refractivity contribution >= 4 is 10.0 Å². The standard InChI is InChI=1S/C16H14FN3O4S/c17-12-3-5-13(6-4-12)25(21,22)18-9-11-24-16-8-7-14(19-20-16)15-2-1-10-23-15/h1-8,10,18H,9,11H2. The van der Waals surface area contributed by atoms with Gasteiger partial charge in [0.05, 0.1) is 11.2 Å². The third-order valence-corrected chi connectivity index (χ3v) is 4.66. The number of nitrogens with one attached hydrogen (secondary N) is 1. The lowest BCUT2D eigenvalue weighted by Gasteiger charge is -2.08. The molecule has 0 bridgehead atoms. The first-order chi connectivity index (χ1) is 12.0. The normalized spacial score (nSPS) is 11.4. The number of hydrogen-bond acceptors (Lipinski definition) is 6. The van der Waals surface area contributed by atoms with Crippen molar-refractivity contribution in [3.63, 3.8) is 0 Å². The molecule has 0 aliphatic rings. The van der Waals surface area contributed by atoms with Crippen LogP contribution in [0.15, 0.2) is 64.1 Å². The van der Waals surface area contributed by atoms with Gasteiger partial charge in [-0.25, -0.2) is 17.5 Å². The fourth-order valence-corrected chi connectivity index (χ4v) is 2.99. The number of ether oxygens (including phenoxy) is 1. The summed E-state index contributed by atoms with van der Waals surface area (Å²) in [6.45, 7) is 0.0938. The van der Waals surface area contributed by atoms with Gasteiger partial charge >= 0.3 is 0 Å². The van der Waals surface area contributed by atoms with E-state index in [2.05, 4.69) is 14.9 Å². The lowest BCUT2D eigenvalue weighted by Crippen LogP contribution is -2.28. The zero-order valence-electron chi connectivity index (χ0n) is 12.9. The van der Waals surface area contributed by atoms with Crippen molar-refractivity contribution in [2.75, 3.05) is 13.2 Å². The highest BCUT2D eigenvalue weighted by molar-refractivity contribution is 7.89. The molecule has 0 atom stereocenters. The van der Waals surface area contributed by atoms with E-state index in [1.807, 2.05) is 0 Å². The molecule has 0 saturated carbocycles. The van der Waals surface area contributed by atoms with Crippen LogP contribution >= 0.6 is 0 Å². The molecule has 0 radical (unpaired) electrons. The molecule has 0 saturated heterocycles. The van der Waals surface area contributed by atoms with Gasteiger partial charge in [0.1, 0.15) is 18.1 Å². The molecule has 2 heterocycles. The van der Waals surface area contributed by atoms with E-state index >= 15 is 0 Å². The predicted octanol–water partition coefficient (Wildman–Crippen LogP) is 2.23. The van der Waals surface area contributed by atoms with E-state index in [0.717, 1.165) is 12.1 Å². The van der Waals surface area contributed by atoms with E-state index in [4.69, 9.17) is 9.15 Å². The van der Waals surface area contributed by atoms with Crippen LogP contribution in [0.2, 0.25) is 0 Å². The molecular weight excluding hydrogens is 349 g/mol. The Kier molecular flexibility index (Phi) is 5.05. The van der Waals surface area contributed by atoms with E-state index in [-0.39, 0.29) is 23.9 Å². The molecule has 0 amide bonds. The maximum atomic E-state index is 12.8. The summed E-state index contributed by atoms with van der Waals surface area (Å²) in [6, 6.07) is 11.4. The maximum absolute atomic E-state index is 12.8. The average Bonchev–Trinajstić information content (AvgIpc) is 3.14. The second kappa shape index (κ2) is 7.41. The van der Waals surface area contributed by atoms with Crippen molar-refractivity contribution in [2.45, 2.75) is 4.90 Å². The van der Waals surface area contributed by atoms with E-state index in [9.17, 15) is 12.8 Å². The Hall–Kier alpha value is -2.78. The lowest BCUT2D eigenvalue weighted by atomic mass is 10.3. The zero-order valence-corrected chi connectivity index (χ0v) is 13.7. The molecular formula is C16H14FN3O4S. The van der Waals surface area contributed by atoms with Crippen molar-refractivity contribution in [3.05, 3.63) is 60.6 Å². The van der Waals surface area contributed by atoms with Crippen molar-refractivity contribution in [1.29, 1.82) is 0 Å². The summed E-state index contributed by atoms with van der Waals surface area (Å²) in [4.78, 5) is -0.0171. The highest BCUT2D eigenvalue weighted by Gasteiger charge is 2.13. The largest absolute Gasteiger partial charge is 0.475 e. The molecule has 9 heteroatoms. The quantitative estimate of drug-likeness (QED) is 0.647. The number of hydrogen-bond donors (Lipinski definition) is 1. The van der Waals surface area contributed by atoms with Gasteiger partial charge in [0.15, 0.2) is 5.76 Å². The van der Waals surface area contributed by atoms with Gasteiger partial charge in [0.25, 0.3) is 0 Å². The molecule has 2 aromatic heterocycles. The van der Waals surface area contributed by atoms with Crippen molar-refractivity contribution < 1.29 is 22.0 Å². The molecule has 0 aliphatic carbocycles. The Morgan fingerprint density at radius 1 is 1.08 bits per heavy atom. The fourth-order valence-electron chi connectivity index (χ4n) is 1.98. The second-order valence-electron chi connectivity index (χ2n) is 4.93. The Balaban J connectivity index is 1.50. The molecule has 0 aliphatic heterocycles. The first kappa shape index (κ1) is 17.1. The number of benzene rings is 1. The number of sulfonamides is 1. The third-order valence-electron chi connectivity index (χ3n) is 3.18. The van der Waals surface area contributed by atoms with E-state index in [1.54, 1.807) is 24.3 Å². The first-order valence-electron chi connectivity index (χ1n) is 7.30. The molecule has 0 spiro atoms. The van der Waals surface area contributed by atoms with Crippen LogP contribution in [-0.2, 0) is 10.0 Å². The number of furan rings is 1. The van der Waals surface area contributed by atoms with Gasteiger partial charge in [-0.05, 0) is 42.5 Å². The van der Waals surface area contributed by atoms with Crippen LogP contribution in [0.1, 0.15) is 0 Å². The summed E-state index contributed by atoms with van der Waals surface area (Å²) in [5.41, 5.74) is 0.564. The maximum Gasteiger partial charge on any atom is 0.240 e. The van der Waals surface area contributed by atoms with Crippen LogP contribution in [0.4, 0.5) is 4.39 Å². The summed E-state index contributed by atoms with van der Waals surface area (Å²) in [6.07, 6.45) is 1.54. The number of rotatable bonds is 7. The van der Waals surface area contributed by atoms with Crippen molar-refractivity contribution in [2.24, 2.45) is 0 Å². The van der Waals surface area contributed by atoms with Crippen LogP contribution in [-0.4, -0.2) is 31.8 Å². The molecule has 7 nitrogen and oxygen atoms in total. The summed E-state index contributed by atoms with van der Waals surface area (Å²) < 4.78 is 49.7. The minimum absolute atomic E-state index is 0.0171. The lowest BCUT2D eigenvalue weighted by molar-refractivity contribution is 0.307. The van der Waals surface area contributed by atoms with E-state index in [1.165, 1.54) is 18.4 Å². The summed E-state index contributed by atoms with van der Waals surface area (Å²) >= 11 is 0. The van der Waals surface area contributed by atoms with Crippen molar-refractivity contribution in [3.8, 4) is 17.3 Å². The van der Waals surface area contributed by atoms with E-state index < -0.39 is 15.8 Å². The minimum atomic E-state index is -3.71. The van der Waals surface area contributed by atoms with Crippen LogP contribution in [0, 0.1) is 5.82 Å². The van der Waals surface area contributed by atoms with Gasteiger partial charge in [-0.2, -0.15) is 0 Å². The Bertz CT molecular complexity index is 911. The predicted molar refractivity (Wildman–Crippen MR) is 86.8 cm³/mol. The number of aromatic nitrogens is 2. The smallest absolute Gasteiger partial charge is 0.240 e. The topological polar surface area (TPSA) is 94.3 Å². The van der Waals surface area contributed by atoms with Crippen LogP contribution in [0.5, 0.6) is 5.88 Å². The second-order valence-corrected chi connectivity index (χ2v) is 6.70. The highest BCUT2D eigenvalue weighted by Crippen LogP contribution is 2.17. The molecule has 3 aromatic rings. The highest BCUT2D eigenvalue weighted by atomic mass is 32.2. The molecule has 1 aromatic carbocycles. The Morgan fingerprint density at radius 3 is 2.52 bits per heavy atom. The molecule has 0 fully saturated rings. The SMILES string of the molecule is O=S(=O)(NCCOc1ccc(-c2ccco2)nn1)c1ccc(F)cc1. The van der Waals surface area contributed by atoms with Gasteiger partial charge < -0.3 is 9.15 Å². The average molecular weight is 363 g/mol. The van der Waals surface area contributed by atoms with Gasteiger partial charge in [-0.1, -0.05) is 0 Å². The van der Waals surface area contributed by atoms with Gasteiger partial charge in [0, 0.05) is 12.6 Å².